The molecule has 0 N–H and O–H groups in total. The molecular formula is C22H30N4O2. The smallest absolute Gasteiger partial charge is 0.151 e. The molecule has 2 fully saturated rings. The van der Waals surface area contributed by atoms with E-state index in [1.54, 1.807) is 7.11 Å². The summed E-state index contributed by atoms with van der Waals surface area (Å²) < 4.78 is 10.9. The van der Waals surface area contributed by atoms with Crippen LogP contribution in [0.5, 0.6) is 5.75 Å². The molecule has 150 valence electrons. The predicted octanol–water partition coefficient (Wildman–Crippen LogP) is 3.09. The summed E-state index contributed by atoms with van der Waals surface area (Å²) in [7, 11) is 1.68. The van der Waals surface area contributed by atoms with Crippen LogP contribution in [0.1, 0.15) is 19.8 Å². The average molecular weight is 383 g/mol. The Morgan fingerprint density at radius 1 is 1.00 bits per heavy atom. The van der Waals surface area contributed by atoms with Crippen molar-refractivity contribution in [3.8, 4) is 17.0 Å². The molecule has 3 heterocycles. The molecule has 0 amide bonds. The summed E-state index contributed by atoms with van der Waals surface area (Å²) in [6, 6.07) is 12.7. The van der Waals surface area contributed by atoms with Gasteiger partial charge < -0.3 is 14.4 Å². The lowest BCUT2D eigenvalue weighted by Gasteiger charge is -2.41. The molecule has 0 spiro atoms. The van der Waals surface area contributed by atoms with Gasteiger partial charge in [0, 0.05) is 37.8 Å². The van der Waals surface area contributed by atoms with E-state index < -0.39 is 0 Å². The second kappa shape index (κ2) is 8.88. The summed E-state index contributed by atoms with van der Waals surface area (Å²) in [6.07, 6.45) is 2.41. The molecule has 2 aromatic rings. The molecule has 6 nitrogen and oxygen atoms in total. The molecule has 1 aromatic carbocycles. The summed E-state index contributed by atoms with van der Waals surface area (Å²) in [5.41, 5.74) is 1.82. The van der Waals surface area contributed by atoms with E-state index in [0.29, 0.717) is 6.04 Å². The topological polar surface area (TPSA) is 50.7 Å². The van der Waals surface area contributed by atoms with Gasteiger partial charge in [-0.2, -0.15) is 0 Å². The van der Waals surface area contributed by atoms with Crippen molar-refractivity contribution in [2.24, 2.45) is 5.92 Å². The number of anilines is 1. The first-order chi connectivity index (χ1) is 13.8. The number of piperidine rings is 1. The number of benzene rings is 1. The third-order valence-corrected chi connectivity index (χ3v) is 6.20. The van der Waals surface area contributed by atoms with Crippen LogP contribution >= 0.6 is 0 Å². The Bertz CT molecular complexity index is 753. The largest absolute Gasteiger partial charge is 0.496 e. The lowest BCUT2D eigenvalue weighted by Crippen LogP contribution is -2.48. The summed E-state index contributed by atoms with van der Waals surface area (Å²) in [5, 5.41) is 8.97. The standard InChI is InChI=1S/C22H30N4O2/c1-17(25-13-15-28-16-14-25)18-9-11-26(12-10-18)22-8-7-20(23-24-22)19-5-3-4-6-21(19)27-2/h3-8,17-18H,9-16H2,1-2H3/t17-/m0/s1. The molecule has 1 aromatic heterocycles. The molecule has 6 heteroatoms. The summed E-state index contributed by atoms with van der Waals surface area (Å²) in [4.78, 5) is 4.95. The van der Waals surface area contributed by atoms with Gasteiger partial charge in [-0.25, -0.2) is 0 Å². The van der Waals surface area contributed by atoms with E-state index in [9.17, 15) is 0 Å². The van der Waals surface area contributed by atoms with E-state index in [2.05, 4.69) is 33.0 Å². The van der Waals surface area contributed by atoms with Gasteiger partial charge in [0.05, 0.1) is 26.0 Å². The number of hydrogen-bond donors (Lipinski definition) is 0. The molecule has 0 unspecified atom stereocenters. The molecule has 2 aliphatic rings. The number of hydrogen-bond acceptors (Lipinski definition) is 6. The Kier molecular flexibility index (Phi) is 6.07. The Morgan fingerprint density at radius 2 is 1.75 bits per heavy atom. The van der Waals surface area contributed by atoms with Crippen LogP contribution in [0.25, 0.3) is 11.3 Å². The highest BCUT2D eigenvalue weighted by molar-refractivity contribution is 5.67. The van der Waals surface area contributed by atoms with Gasteiger partial charge in [0.2, 0.25) is 0 Å². The van der Waals surface area contributed by atoms with Gasteiger partial charge in [0.15, 0.2) is 5.82 Å². The van der Waals surface area contributed by atoms with E-state index in [1.807, 2.05) is 30.3 Å². The second-order valence-corrected chi connectivity index (χ2v) is 7.69. The fraction of sp³-hybridized carbons (Fsp3) is 0.545. The van der Waals surface area contributed by atoms with E-state index >= 15 is 0 Å². The third kappa shape index (κ3) is 4.13. The number of methoxy groups -OCH3 is 1. The number of aromatic nitrogens is 2. The first kappa shape index (κ1) is 19.2. The molecule has 4 rings (SSSR count). The number of para-hydroxylation sites is 1. The highest BCUT2D eigenvalue weighted by Gasteiger charge is 2.29. The molecule has 1 atom stereocenters. The van der Waals surface area contributed by atoms with Crippen LogP contribution in [0.15, 0.2) is 36.4 Å². The average Bonchev–Trinajstić information content (AvgIpc) is 2.79. The number of ether oxygens (including phenoxy) is 2. The van der Waals surface area contributed by atoms with E-state index in [0.717, 1.165) is 68.1 Å². The zero-order valence-electron chi connectivity index (χ0n) is 16.9. The maximum absolute atomic E-state index is 5.50. The van der Waals surface area contributed by atoms with Crippen molar-refractivity contribution in [1.29, 1.82) is 0 Å². The van der Waals surface area contributed by atoms with Crippen LogP contribution in [0.3, 0.4) is 0 Å². The Balaban J connectivity index is 1.37. The fourth-order valence-corrected chi connectivity index (χ4v) is 4.39. The van der Waals surface area contributed by atoms with Gasteiger partial charge in [0.25, 0.3) is 0 Å². The second-order valence-electron chi connectivity index (χ2n) is 7.69. The van der Waals surface area contributed by atoms with Gasteiger partial charge in [-0.3, -0.25) is 4.90 Å². The minimum Gasteiger partial charge on any atom is -0.496 e. The zero-order chi connectivity index (χ0) is 19.3. The highest BCUT2D eigenvalue weighted by Crippen LogP contribution is 2.30. The summed E-state index contributed by atoms with van der Waals surface area (Å²) in [6.45, 7) is 8.35. The van der Waals surface area contributed by atoms with Crippen LogP contribution in [-0.4, -0.2) is 67.6 Å². The normalized spacial score (nSPS) is 20.1. The molecule has 0 saturated carbocycles. The van der Waals surface area contributed by atoms with Crippen molar-refractivity contribution >= 4 is 5.82 Å². The fourth-order valence-electron chi connectivity index (χ4n) is 4.39. The van der Waals surface area contributed by atoms with Crippen LogP contribution in [0.2, 0.25) is 0 Å². The van der Waals surface area contributed by atoms with Gasteiger partial charge in [0.1, 0.15) is 5.75 Å². The predicted molar refractivity (Wildman–Crippen MR) is 111 cm³/mol. The maximum atomic E-state index is 5.50. The van der Waals surface area contributed by atoms with Gasteiger partial charge in [-0.05, 0) is 49.9 Å². The number of nitrogens with zero attached hydrogens (tertiary/aromatic N) is 4. The quantitative estimate of drug-likeness (QED) is 0.792. The number of rotatable bonds is 5. The minimum absolute atomic E-state index is 0.630. The highest BCUT2D eigenvalue weighted by atomic mass is 16.5. The first-order valence-corrected chi connectivity index (χ1v) is 10.3. The van der Waals surface area contributed by atoms with Crippen molar-refractivity contribution in [3.05, 3.63) is 36.4 Å². The third-order valence-electron chi connectivity index (χ3n) is 6.20. The molecule has 0 aliphatic carbocycles. The monoisotopic (exact) mass is 382 g/mol. The minimum atomic E-state index is 0.630. The zero-order valence-corrected chi connectivity index (χ0v) is 16.9. The maximum Gasteiger partial charge on any atom is 0.151 e. The molecule has 2 aliphatic heterocycles. The molecule has 0 bridgehead atoms. The van der Waals surface area contributed by atoms with Crippen molar-refractivity contribution in [2.75, 3.05) is 51.4 Å². The van der Waals surface area contributed by atoms with Crippen molar-refractivity contribution < 1.29 is 9.47 Å². The van der Waals surface area contributed by atoms with E-state index in [4.69, 9.17) is 9.47 Å². The van der Waals surface area contributed by atoms with E-state index in [1.165, 1.54) is 12.8 Å². The van der Waals surface area contributed by atoms with Crippen LogP contribution in [-0.2, 0) is 4.74 Å². The molecule has 28 heavy (non-hydrogen) atoms. The molecule has 2 saturated heterocycles. The van der Waals surface area contributed by atoms with Crippen molar-refractivity contribution in [2.45, 2.75) is 25.8 Å². The lowest BCUT2D eigenvalue weighted by atomic mass is 9.89. The van der Waals surface area contributed by atoms with Crippen molar-refractivity contribution in [3.63, 3.8) is 0 Å². The molecular weight excluding hydrogens is 352 g/mol. The lowest BCUT2D eigenvalue weighted by molar-refractivity contribution is 0.00447. The van der Waals surface area contributed by atoms with Crippen LogP contribution in [0.4, 0.5) is 5.82 Å². The Morgan fingerprint density at radius 3 is 2.43 bits per heavy atom. The summed E-state index contributed by atoms with van der Waals surface area (Å²) in [5.74, 6) is 2.54. The summed E-state index contributed by atoms with van der Waals surface area (Å²) >= 11 is 0. The SMILES string of the molecule is COc1ccccc1-c1ccc(N2CCC([C@H](C)N3CCOCC3)CC2)nn1. The number of morpholine rings is 1. The van der Waals surface area contributed by atoms with Crippen LogP contribution in [0, 0.1) is 5.92 Å². The van der Waals surface area contributed by atoms with Gasteiger partial charge in [-0.1, -0.05) is 12.1 Å². The Hall–Kier alpha value is -2.18. The first-order valence-electron chi connectivity index (χ1n) is 10.3. The van der Waals surface area contributed by atoms with Crippen molar-refractivity contribution in [1.82, 2.24) is 15.1 Å². The molecule has 0 radical (unpaired) electrons. The van der Waals surface area contributed by atoms with Gasteiger partial charge >= 0.3 is 0 Å². The van der Waals surface area contributed by atoms with E-state index in [-0.39, 0.29) is 0 Å². The van der Waals surface area contributed by atoms with Gasteiger partial charge in [-0.15, -0.1) is 10.2 Å². The Labute approximate surface area is 167 Å². The van der Waals surface area contributed by atoms with Crippen LogP contribution < -0.4 is 9.64 Å².